The molecular weight excluding hydrogens is 430 g/mol. The highest BCUT2D eigenvalue weighted by molar-refractivity contribution is 6.34. The summed E-state index contributed by atoms with van der Waals surface area (Å²) in [4.78, 5) is 23.5. The maximum atomic E-state index is 13.1. The number of anilines is 2. The first-order valence-electron chi connectivity index (χ1n) is 8.82. The van der Waals surface area contributed by atoms with Gasteiger partial charge in [-0.15, -0.1) is 0 Å². The summed E-state index contributed by atoms with van der Waals surface area (Å²) >= 11 is 12.5. The molecule has 1 heterocycles. The molecule has 0 bridgehead atoms. The summed E-state index contributed by atoms with van der Waals surface area (Å²) in [5, 5.41) is 10.2. The van der Waals surface area contributed by atoms with Gasteiger partial charge >= 0.3 is 0 Å². The molecule has 30 heavy (non-hydrogen) atoms. The van der Waals surface area contributed by atoms with Crippen LogP contribution in [0.25, 0.3) is 11.8 Å². The normalized spacial score (nSPS) is 11.0. The first-order valence-corrected chi connectivity index (χ1v) is 9.57. The molecule has 154 valence electrons. The largest absolute Gasteiger partial charge is 0.326 e. The lowest BCUT2D eigenvalue weighted by atomic mass is 10.2. The summed E-state index contributed by atoms with van der Waals surface area (Å²) < 4.78 is 14.6. The number of benzene rings is 2. The summed E-state index contributed by atoms with van der Waals surface area (Å²) in [5.41, 5.74) is 2.59. The van der Waals surface area contributed by atoms with Crippen LogP contribution in [-0.4, -0.2) is 21.6 Å². The number of hydrogen-bond acceptors (Lipinski definition) is 3. The van der Waals surface area contributed by atoms with Crippen LogP contribution in [0.4, 0.5) is 15.8 Å². The van der Waals surface area contributed by atoms with Gasteiger partial charge in [-0.05, 0) is 55.5 Å². The summed E-state index contributed by atoms with van der Waals surface area (Å²) in [6.07, 6.45) is 2.83. The van der Waals surface area contributed by atoms with E-state index in [4.69, 9.17) is 23.2 Å². The molecule has 3 aromatic rings. The van der Waals surface area contributed by atoms with Gasteiger partial charge in [-0.25, -0.2) is 9.07 Å². The maximum Gasteiger partial charge on any atom is 0.248 e. The van der Waals surface area contributed by atoms with Crippen LogP contribution >= 0.6 is 23.2 Å². The first-order chi connectivity index (χ1) is 14.2. The van der Waals surface area contributed by atoms with Crippen molar-refractivity contribution in [2.24, 2.45) is 0 Å². The third-order valence-corrected chi connectivity index (χ3v) is 4.76. The highest BCUT2D eigenvalue weighted by Gasteiger charge is 2.13. The smallest absolute Gasteiger partial charge is 0.248 e. The quantitative estimate of drug-likeness (QED) is 0.526. The zero-order chi connectivity index (χ0) is 21.8. The predicted molar refractivity (Wildman–Crippen MR) is 117 cm³/mol. The van der Waals surface area contributed by atoms with E-state index in [0.29, 0.717) is 33.3 Å². The Hall–Kier alpha value is -3.16. The highest BCUT2D eigenvalue weighted by atomic mass is 35.5. The average Bonchev–Trinajstić information content (AvgIpc) is 2.97. The monoisotopic (exact) mass is 446 g/mol. The number of nitrogens with one attached hydrogen (secondary N) is 2. The number of carbonyl (C=O) groups is 2. The Morgan fingerprint density at radius 2 is 1.80 bits per heavy atom. The molecule has 0 radical (unpaired) electrons. The van der Waals surface area contributed by atoms with E-state index in [1.165, 1.54) is 35.9 Å². The van der Waals surface area contributed by atoms with E-state index in [2.05, 4.69) is 15.7 Å². The van der Waals surface area contributed by atoms with Gasteiger partial charge in [0.25, 0.3) is 0 Å². The lowest BCUT2D eigenvalue weighted by Crippen LogP contribution is -2.10. The Morgan fingerprint density at radius 3 is 2.47 bits per heavy atom. The third-order valence-electron chi connectivity index (χ3n) is 4.07. The Kier molecular flexibility index (Phi) is 6.54. The summed E-state index contributed by atoms with van der Waals surface area (Å²) in [6, 6.07) is 10.5. The van der Waals surface area contributed by atoms with E-state index in [1.54, 1.807) is 37.3 Å². The number of nitrogens with zero attached hydrogens (tertiary/aromatic N) is 2. The van der Waals surface area contributed by atoms with E-state index in [-0.39, 0.29) is 16.9 Å². The summed E-state index contributed by atoms with van der Waals surface area (Å²) in [6.45, 7) is 3.13. The van der Waals surface area contributed by atoms with Crippen LogP contribution in [0.2, 0.25) is 10.2 Å². The lowest BCUT2D eigenvalue weighted by Gasteiger charge is -2.08. The van der Waals surface area contributed by atoms with Crippen molar-refractivity contribution in [3.05, 3.63) is 75.8 Å². The molecule has 2 amide bonds. The van der Waals surface area contributed by atoms with Gasteiger partial charge < -0.3 is 10.6 Å². The molecule has 0 saturated carbocycles. The van der Waals surface area contributed by atoms with Crippen molar-refractivity contribution < 1.29 is 14.0 Å². The Morgan fingerprint density at radius 1 is 1.10 bits per heavy atom. The fourth-order valence-corrected chi connectivity index (χ4v) is 3.19. The van der Waals surface area contributed by atoms with Crippen molar-refractivity contribution in [3.63, 3.8) is 0 Å². The van der Waals surface area contributed by atoms with Crippen molar-refractivity contribution in [1.29, 1.82) is 0 Å². The molecule has 0 atom stereocenters. The molecule has 0 aliphatic carbocycles. The minimum atomic E-state index is -0.443. The number of rotatable bonds is 5. The van der Waals surface area contributed by atoms with Crippen LogP contribution in [0.1, 0.15) is 18.2 Å². The fraction of sp³-hybridized carbons (Fsp3) is 0.0952. The molecule has 0 saturated heterocycles. The molecule has 0 aliphatic heterocycles. The van der Waals surface area contributed by atoms with Crippen LogP contribution in [0, 0.1) is 12.7 Å². The van der Waals surface area contributed by atoms with Crippen molar-refractivity contribution in [2.75, 3.05) is 10.6 Å². The highest BCUT2D eigenvalue weighted by Crippen LogP contribution is 2.27. The summed E-state index contributed by atoms with van der Waals surface area (Å²) in [5.74, 6) is -1.04. The second kappa shape index (κ2) is 9.11. The molecule has 1 aromatic heterocycles. The van der Waals surface area contributed by atoms with Crippen LogP contribution < -0.4 is 10.6 Å². The number of hydrogen-bond donors (Lipinski definition) is 2. The molecule has 0 fully saturated rings. The SMILES string of the molecule is CC(=O)Nc1ccc(Cl)c(NC(=O)/C=C/c2c(C)nn(-c3ccc(F)cc3)c2Cl)c1. The van der Waals surface area contributed by atoms with Gasteiger partial charge in [-0.3, -0.25) is 9.59 Å². The van der Waals surface area contributed by atoms with E-state index in [0.717, 1.165) is 0 Å². The topological polar surface area (TPSA) is 76.0 Å². The van der Waals surface area contributed by atoms with Gasteiger partial charge in [0.15, 0.2) is 0 Å². The molecule has 6 nitrogen and oxygen atoms in total. The minimum absolute atomic E-state index is 0.238. The molecule has 2 aromatic carbocycles. The van der Waals surface area contributed by atoms with Crippen molar-refractivity contribution in [1.82, 2.24) is 9.78 Å². The molecule has 3 rings (SSSR count). The van der Waals surface area contributed by atoms with Gasteiger partial charge in [0, 0.05) is 24.3 Å². The summed E-state index contributed by atoms with van der Waals surface area (Å²) in [7, 11) is 0. The molecular formula is C21H17Cl2FN4O2. The second-order valence-corrected chi connectivity index (χ2v) is 7.14. The van der Waals surface area contributed by atoms with Crippen LogP contribution in [0.15, 0.2) is 48.5 Å². The Balaban J connectivity index is 1.79. The minimum Gasteiger partial charge on any atom is -0.326 e. The van der Waals surface area contributed by atoms with Crippen molar-refractivity contribution in [2.45, 2.75) is 13.8 Å². The van der Waals surface area contributed by atoms with E-state index < -0.39 is 5.91 Å². The second-order valence-electron chi connectivity index (χ2n) is 6.38. The van der Waals surface area contributed by atoms with Crippen molar-refractivity contribution >= 4 is 52.5 Å². The van der Waals surface area contributed by atoms with Gasteiger partial charge in [-0.1, -0.05) is 23.2 Å². The molecule has 9 heteroatoms. The van der Waals surface area contributed by atoms with Crippen molar-refractivity contribution in [3.8, 4) is 5.69 Å². The number of aryl methyl sites for hydroxylation is 1. The Labute approximate surface area is 182 Å². The maximum absolute atomic E-state index is 13.1. The van der Waals surface area contributed by atoms with E-state index in [1.807, 2.05) is 0 Å². The zero-order valence-corrected chi connectivity index (χ0v) is 17.6. The molecule has 0 spiro atoms. The predicted octanol–water partition coefficient (Wildman–Crippen LogP) is 5.24. The molecule has 0 unspecified atom stereocenters. The van der Waals surface area contributed by atoms with Crippen LogP contribution in [0.3, 0.4) is 0 Å². The van der Waals surface area contributed by atoms with Gasteiger partial charge in [0.1, 0.15) is 11.0 Å². The molecule has 0 aliphatic rings. The van der Waals surface area contributed by atoms with E-state index in [9.17, 15) is 14.0 Å². The number of carbonyl (C=O) groups excluding carboxylic acids is 2. The van der Waals surface area contributed by atoms with Crippen LogP contribution in [-0.2, 0) is 9.59 Å². The number of halogens is 3. The zero-order valence-electron chi connectivity index (χ0n) is 16.0. The van der Waals surface area contributed by atoms with Gasteiger partial charge in [0.2, 0.25) is 11.8 Å². The number of amides is 2. The van der Waals surface area contributed by atoms with Gasteiger partial charge in [0.05, 0.1) is 22.1 Å². The first kappa shape index (κ1) is 21.5. The Bertz CT molecular complexity index is 1140. The standard InChI is InChI=1S/C21H17Cl2FN4O2/c1-12-17(21(23)28(27-12)16-6-3-14(24)4-7-16)8-10-20(30)26-19-11-15(25-13(2)29)5-9-18(19)22/h3-11H,1-2H3,(H,25,29)(H,26,30)/b10-8+. The molecule has 2 N–H and O–H groups in total. The van der Waals surface area contributed by atoms with Crippen LogP contribution in [0.5, 0.6) is 0 Å². The average molecular weight is 447 g/mol. The lowest BCUT2D eigenvalue weighted by molar-refractivity contribution is -0.114. The van der Waals surface area contributed by atoms with Gasteiger partial charge in [-0.2, -0.15) is 5.10 Å². The third kappa shape index (κ3) is 5.06. The number of aromatic nitrogens is 2. The fourth-order valence-electron chi connectivity index (χ4n) is 2.69. The van der Waals surface area contributed by atoms with E-state index >= 15 is 0 Å².